The fraction of sp³-hybridized carbons (Fsp3) is 0.273. The molecular formula is C22H25N3O3. The summed E-state index contributed by atoms with van der Waals surface area (Å²) in [5.74, 6) is 0.490. The van der Waals surface area contributed by atoms with Gasteiger partial charge in [0.25, 0.3) is 5.91 Å². The molecule has 0 saturated carbocycles. The van der Waals surface area contributed by atoms with Crippen molar-refractivity contribution in [1.82, 2.24) is 10.6 Å². The number of carbonyl (C=O) groups excluding carboxylic acids is 2. The van der Waals surface area contributed by atoms with Gasteiger partial charge in [-0.25, -0.2) is 4.79 Å². The molecule has 6 heteroatoms. The number of hydrogen-bond donors (Lipinski definition) is 3. The highest BCUT2D eigenvalue weighted by Crippen LogP contribution is 2.29. The van der Waals surface area contributed by atoms with Crippen LogP contribution in [0.1, 0.15) is 36.6 Å². The number of aryl methyl sites for hydroxylation is 2. The zero-order chi connectivity index (χ0) is 20.3. The van der Waals surface area contributed by atoms with Gasteiger partial charge in [-0.05, 0) is 57.0 Å². The molecule has 3 N–H and O–H groups in total. The number of nitrogens with one attached hydrogen (secondary N) is 3. The second-order valence-electron chi connectivity index (χ2n) is 6.84. The third-order valence-electron chi connectivity index (χ3n) is 4.67. The normalized spacial score (nSPS) is 16.3. The van der Waals surface area contributed by atoms with Crippen LogP contribution in [-0.4, -0.2) is 18.5 Å². The third kappa shape index (κ3) is 4.17. The van der Waals surface area contributed by atoms with E-state index in [0.29, 0.717) is 17.9 Å². The quantitative estimate of drug-likeness (QED) is 0.735. The fourth-order valence-corrected chi connectivity index (χ4v) is 3.31. The van der Waals surface area contributed by atoms with Crippen LogP contribution in [0, 0.1) is 13.8 Å². The number of urea groups is 1. The van der Waals surface area contributed by atoms with E-state index < -0.39 is 6.04 Å². The lowest BCUT2D eigenvalue weighted by atomic mass is 9.94. The Hall–Kier alpha value is -3.28. The predicted molar refractivity (Wildman–Crippen MR) is 109 cm³/mol. The van der Waals surface area contributed by atoms with Gasteiger partial charge in [-0.2, -0.15) is 0 Å². The van der Waals surface area contributed by atoms with E-state index in [0.717, 1.165) is 28.1 Å². The Morgan fingerprint density at radius 3 is 2.46 bits per heavy atom. The third-order valence-corrected chi connectivity index (χ3v) is 4.67. The summed E-state index contributed by atoms with van der Waals surface area (Å²) < 4.78 is 5.48. The van der Waals surface area contributed by atoms with Crippen LogP contribution in [-0.2, 0) is 4.79 Å². The molecule has 0 aliphatic carbocycles. The molecule has 1 aliphatic heterocycles. The van der Waals surface area contributed by atoms with E-state index in [2.05, 4.69) is 16.0 Å². The summed E-state index contributed by atoms with van der Waals surface area (Å²) in [7, 11) is 0. The maximum Gasteiger partial charge on any atom is 0.319 e. The summed E-state index contributed by atoms with van der Waals surface area (Å²) in [5.41, 5.74) is 4.68. The number of ether oxygens (including phenoxy) is 1. The molecule has 0 radical (unpaired) electrons. The van der Waals surface area contributed by atoms with Gasteiger partial charge in [0.2, 0.25) is 0 Å². The number of allylic oxidation sites excluding steroid dienone is 1. The van der Waals surface area contributed by atoms with Crippen LogP contribution in [0.25, 0.3) is 0 Å². The van der Waals surface area contributed by atoms with E-state index in [1.54, 1.807) is 6.92 Å². The first-order valence-corrected chi connectivity index (χ1v) is 9.28. The first kappa shape index (κ1) is 19.5. The van der Waals surface area contributed by atoms with Crippen molar-refractivity contribution in [2.24, 2.45) is 0 Å². The smallest absolute Gasteiger partial charge is 0.319 e. The maximum atomic E-state index is 13.1. The lowest BCUT2D eigenvalue weighted by molar-refractivity contribution is -0.113. The molecule has 3 amide bonds. The molecule has 1 heterocycles. The molecule has 28 heavy (non-hydrogen) atoms. The number of hydrogen-bond acceptors (Lipinski definition) is 3. The number of carbonyl (C=O) groups is 2. The monoisotopic (exact) mass is 379 g/mol. The topological polar surface area (TPSA) is 79.5 Å². The van der Waals surface area contributed by atoms with Crippen molar-refractivity contribution >= 4 is 17.6 Å². The molecule has 2 aromatic carbocycles. The van der Waals surface area contributed by atoms with Crippen LogP contribution in [0.4, 0.5) is 10.5 Å². The van der Waals surface area contributed by atoms with E-state index in [4.69, 9.17) is 4.74 Å². The van der Waals surface area contributed by atoms with Gasteiger partial charge in [0.15, 0.2) is 0 Å². The van der Waals surface area contributed by atoms with E-state index in [1.807, 2.05) is 63.2 Å². The minimum absolute atomic E-state index is 0.254. The van der Waals surface area contributed by atoms with Gasteiger partial charge in [-0.3, -0.25) is 4.79 Å². The first-order valence-electron chi connectivity index (χ1n) is 9.28. The highest BCUT2D eigenvalue weighted by atomic mass is 16.5. The largest absolute Gasteiger partial charge is 0.494 e. The molecule has 3 rings (SSSR count). The van der Waals surface area contributed by atoms with Crippen molar-refractivity contribution < 1.29 is 14.3 Å². The van der Waals surface area contributed by atoms with E-state index in [9.17, 15) is 9.59 Å². The van der Waals surface area contributed by atoms with Crippen molar-refractivity contribution in [2.75, 3.05) is 11.9 Å². The minimum Gasteiger partial charge on any atom is -0.494 e. The molecule has 1 atom stereocenters. The van der Waals surface area contributed by atoms with Crippen molar-refractivity contribution in [3.8, 4) is 5.75 Å². The van der Waals surface area contributed by atoms with Crippen LogP contribution in [0.15, 0.2) is 53.7 Å². The van der Waals surface area contributed by atoms with E-state index in [-0.39, 0.29) is 11.9 Å². The van der Waals surface area contributed by atoms with Gasteiger partial charge in [-0.15, -0.1) is 0 Å². The molecule has 0 spiro atoms. The van der Waals surface area contributed by atoms with Gasteiger partial charge in [-0.1, -0.05) is 29.8 Å². The molecule has 6 nitrogen and oxygen atoms in total. The lowest BCUT2D eigenvalue weighted by Gasteiger charge is -2.29. The van der Waals surface area contributed by atoms with Crippen LogP contribution < -0.4 is 20.7 Å². The minimum atomic E-state index is -0.546. The Bertz CT molecular complexity index is 933. The molecule has 2 aromatic rings. The summed E-state index contributed by atoms with van der Waals surface area (Å²) in [6.07, 6.45) is 0. The summed E-state index contributed by atoms with van der Waals surface area (Å²) in [6, 6.07) is 12.4. The number of rotatable bonds is 5. The van der Waals surface area contributed by atoms with Gasteiger partial charge in [0.05, 0.1) is 18.2 Å². The Kier molecular flexibility index (Phi) is 5.68. The first-order chi connectivity index (χ1) is 13.4. The molecule has 0 aromatic heterocycles. The summed E-state index contributed by atoms with van der Waals surface area (Å²) in [4.78, 5) is 25.1. The molecule has 0 fully saturated rings. The number of benzene rings is 2. The van der Waals surface area contributed by atoms with E-state index >= 15 is 0 Å². The number of anilines is 1. The predicted octanol–water partition coefficient (Wildman–Crippen LogP) is 3.97. The van der Waals surface area contributed by atoms with Crippen LogP contribution in [0.3, 0.4) is 0 Å². The highest BCUT2D eigenvalue weighted by Gasteiger charge is 2.31. The summed E-state index contributed by atoms with van der Waals surface area (Å²) in [6.45, 7) is 8.19. The van der Waals surface area contributed by atoms with Gasteiger partial charge in [0.1, 0.15) is 5.75 Å². The SMILES string of the molecule is CCOc1ccc(C2NC(=O)NC(C)=C2C(=O)Nc2ccc(C)cc2C)cc1. The second kappa shape index (κ2) is 8.17. The second-order valence-corrected chi connectivity index (χ2v) is 6.84. The Morgan fingerprint density at radius 1 is 1.11 bits per heavy atom. The zero-order valence-corrected chi connectivity index (χ0v) is 16.6. The van der Waals surface area contributed by atoms with Crippen molar-refractivity contribution in [3.63, 3.8) is 0 Å². The Morgan fingerprint density at radius 2 is 1.82 bits per heavy atom. The van der Waals surface area contributed by atoms with Gasteiger partial charge < -0.3 is 20.7 Å². The maximum absolute atomic E-state index is 13.1. The number of amides is 3. The van der Waals surface area contributed by atoms with Crippen molar-refractivity contribution in [2.45, 2.75) is 33.7 Å². The van der Waals surface area contributed by atoms with Crippen LogP contribution in [0.2, 0.25) is 0 Å². The Labute approximate surface area is 165 Å². The zero-order valence-electron chi connectivity index (χ0n) is 16.6. The standard InChI is InChI=1S/C22H25N3O3/c1-5-28-17-9-7-16(8-10-17)20-19(15(4)23-22(27)25-20)21(26)24-18-11-6-13(2)12-14(18)3/h6-12,20H,5H2,1-4H3,(H,24,26)(H2,23,25,27). The van der Waals surface area contributed by atoms with Crippen LogP contribution >= 0.6 is 0 Å². The molecule has 0 saturated heterocycles. The molecule has 0 bridgehead atoms. The summed E-state index contributed by atoms with van der Waals surface area (Å²) in [5, 5.41) is 8.51. The van der Waals surface area contributed by atoms with Crippen LogP contribution in [0.5, 0.6) is 5.75 Å². The summed E-state index contributed by atoms with van der Waals surface area (Å²) >= 11 is 0. The van der Waals surface area contributed by atoms with Crippen molar-refractivity contribution in [3.05, 3.63) is 70.4 Å². The van der Waals surface area contributed by atoms with Crippen molar-refractivity contribution in [1.29, 1.82) is 0 Å². The average Bonchev–Trinajstić information content (AvgIpc) is 2.64. The molecular weight excluding hydrogens is 354 g/mol. The fourth-order valence-electron chi connectivity index (χ4n) is 3.31. The van der Waals surface area contributed by atoms with E-state index in [1.165, 1.54) is 0 Å². The molecule has 1 unspecified atom stereocenters. The lowest BCUT2D eigenvalue weighted by Crippen LogP contribution is -2.46. The Balaban J connectivity index is 1.91. The van der Waals surface area contributed by atoms with Gasteiger partial charge in [0, 0.05) is 11.4 Å². The van der Waals surface area contributed by atoms with Gasteiger partial charge >= 0.3 is 6.03 Å². The molecule has 1 aliphatic rings. The molecule has 146 valence electrons. The highest BCUT2D eigenvalue weighted by molar-refractivity contribution is 6.07. The average molecular weight is 379 g/mol.